The van der Waals surface area contributed by atoms with Crippen LogP contribution >= 0.6 is 11.8 Å². The number of carbonyl (C=O) groups excluding carboxylic acids is 1. The Kier molecular flexibility index (Phi) is 5.09. The molecule has 26 heavy (non-hydrogen) atoms. The van der Waals surface area contributed by atoms with Crippen LogP contribution in [0.1, 0.15) is 22.8 Å². The molecule has 1 aliphatic heterocycles. The molecule has 1 amide bonds. The molecular weight excluding hydrogens is 352 g/mol. The number of hydrogen-bond acceptors (Lipinski definition) is 5. The van der Waals surface area contributed by atoms with Crippen molar-refractivity contribution in [3.8, 4) is 5.75 Å². The monoisotopic (exact) mass is 368 g/mol. The molecule has 1 aliphatic rings. The van der Waals surface area contributed by atoms with Gasteiger partial charge in [0.15, 0.2) is 5.17 Å². The lowest BCUT2D eigenvalue weighted by Crippen LogP contribution is -2.28. The first-order valence-corrected chi connectivity index (χ1v) is 8.72. The van der Waals surface area contributed by atoms with Crippen LogP contribution < -0.4 is 0 Å². The molecule has 6 nitrogen and oxygen atoms in total. The lowest BCUT2D eigenvalue weighted by Gasteiger charge is -2.12. The van der Waals surface area contributed by atoms with E-state index in [0.717, 1.165) is 0 Å². The van der Waals surface area contributed by atoms with Gasteiger partial charge in [-0.25, -0.2) is 9.79 Å². The first-order valence-electron chi connectivity index (χ1n) is 7.91. The van der Waals surface area contributed by atoms with E-state index in [9.17, 15) is 19.8 Å². The molecule has 7 heteroatoms. The zero-order valence-corrected chi connectivity index (χ0v) is 14.7. The molecule has 0 unspecified atom stereocenters. The molecule has 0 aliphatic carbocycles. The van der Waals surface area contributed by atoms with Crippen molar-refractivity contribution in [3.05, 3.63) is 64.6 Å². The van der Waals surface area contributed by atoms with E-state index >= 15 is 0 Å². The van der Waals surface area contributed by atoms with Gasteiger partial charge in [0.1, 0.15) is 5.75 Å². The van der Waals surface area contributed by atoms with E-state index < -0.39 is 5.97 Å². The molecule has 0 spiro atoms. The largest absolute Gasteiger partial charge is 0.508 e. The minimum Gasteiger partial charge on any atom is -0.508 e. The van der Waals surface area contributed by atoms with Crippen LogP contribution in [0.4, 0.5) is 5.69 Å². The number of carboxylic acids is 1. The van der Waals surface area contributed by atoms with Crippen LogP contribution in [0.15, 0.2) is 58.4 Å². The zero-order chi connectivity index (χ0) is 18.7. The minimum absolute atomic E-state index is 0.0783. The number of rotatable bonds is 4. The van der Waals surface area contributed by atoms with Crippen molar-refractivity contribution in [1.29, 1.82) is 0 Å². The van der Waals surface area contributed by atoms with Crippen LogP contribution in [0.2, 0.25) is 0 Å². The Morgan fingerprint density at radius 3 is 2.69 bits per heavy atom. The van der Waals surface area contributed by atoms with E-state index in [1.54, 1.807) is 48.5 Å². The molecule has 1 saturated heterocycles. The summed E-state index contributed by atoms with van der Waals surface area (Å²) >= 11 is 1.18. The van der Waals surface area contributed by atoms with Gasteiger partial charge in [-0.05, 0) is 54.6 Å². The van der Waals surface area contributed by atoms with Gasteiger partial charge in [-0.15, -0.1) is 0 Å². The van der Waals surface area contributed by atoms with Crippen LogP contribution in [0.5, 0.6) is 5.75 Å². The normalized spacial score (nSPS) is 17.3. The molecule has 2 aromatic rings. The number of amidine groups is 1. The van der Waals surface area contributed by atoms with Crippen molar-refractivity contribution in [1.82, 2.24) is 4.90 Å². The van der Waals surface area contributed by atoms with Crippen molar-refractivity contribution in [2.24, 2.45) is 4.99 Å². The summed E-state index contributed by atoms with van der Waals surface area (Å²) in [5.74, 6) is -1.16. The van der Waals surface area contributed by atoms with Crippen LogP contribution in [-0.4, -0.2) is 38.7 Å². The van der Waals surface area contributed by atoms with E-state index in [4.69, 9.17) is 0 Å². The van der Waals surface area contributed by atoms with E-state index in [-0.39, 0.29) is 17.2 Å². The Morgan fingerprint density at radius 1 is 1.23 bits per heavy atom. The highest BCUT2D eigenvalue weighted by Crippen LogP contribution is 2.34. The molecular formula is C19H16N2O4S. The summed E-state index contributed by atoms with van der Waals surface area (Å²) in [5, 5.41) is 19.3. The minimum atomic E-state index is -1.07. The van der Waals surface area contributed by atoms with Crippen molar-refractivity contribution in [3.63, 3.8) is 0 Å². The maximum absolute atomic E-state index is 12.6. The van der Waals surface area contributed by atoms with Crippen LogP contribution in [0.3, 0.4) is 0 Å². The Labute approximate surface area is 154 Å². The summed E-state index contributed by atoms with van der Waals surface area (Å²) in [4.78, 5) is 30.3. The second kappa shape index (κ2) is 7.45. The number of aliphatic imine (C=N–C) groups is 1. The van der Waals surface area contributed by atoms with Crippen LogP contribution in [-0.2, 0) is 4.79 Å². The van der Waals surface area contributed by atoms with Crippen LogP contribution in [0.25, 0.3) is 6.08 Å². The maximum Gasteiger partial charge on any atom is 0.337 e. The van der Waals surface area contributed by atoms with Crippen LogP contribution in [0, 0.1) is 0 Å². The first-order chi connectivity index (χ1) is 12.5. The number of hydrogen-bond donors (Lipinski definition) is 2. The highest BCUT2D eigenvalue weighted by Gasteiger charge is 2.32. The Hall–Kier alpha value is -3.06. The number of thioether (sulfide) groups is 1. The molecule has 0 saturated carbocycles. The Morgan fingerprint density at radius 2 is 2.00 bits per heavy atom. The molecule has 0 atom stereocenters. The lowest BCUT2D eigenvalue weighted by atomic mass is 10.2. The standard InChI is InChI=1S/C19H16N2O4S/c1-2-21-17(23)16(11-12-6-5-7-13(22)10-12)26-19(21)20-15-9-4-3-8-14(15)18(24)25/h3-11,22H,2H2,1H3,(H,24,25)/b16-11-,20-19?. The fourth-order valence-corrected chi connectivity index (χ4v) is 3.55. The number of aromatic carboxylic acids is 1. The van der Waals surface area contributed by atoms with E-state index in [0.29, 0.717) is 27.9 Å². The third-order valence-corrected chi connectivity index (χ3v) is 4.73. The topological polar surface area (TPSA) is 90.2 Å². The van der Waals surface area contributed by atoms with Gasteiger partial charge < -0.3 is 10.2 Å². The highest BCUT2D eigenvalue weighted by molar-refractivity contribution is 8.18. The third kappa shape index (κ3) is 3.62. The number of carboxylic acid groups (broad SMARTS) is 1. The SMILES string of the molecule is CCN1C(=O)/C(=C/c2cccc(O)c2)SC1=Nc1ccccc1C(=O)O. The summed E-state index contributed by atoms with van der Waals surface area (Å²) in [5.41, 5.74) is 1.07. The fraction of sp³-hybridized carbons (Fsp3) is 0.105. The maximum atomic E-state index is 12.6. The summed E-state index contributed by atoms with van der Waals surface area (Å²) < 4.78 is 0. The molecule has 0 bridgehead atoms. The quantitative estimate of drug-likeness (QED) is 0.803. The predicted octanol–water partition coefficient (Wildman–Crippen LogP) is 3.71. The number of amides is 1. The van der Waals surface area contributed by atoms with Crippen molar-refractivity contribution in [2.45, 2.75) is 6.92 Å². The number of nitrogens with zero attached hydrogens (tertiary/aromatic N) is 2. The molecule has 1 heterocycles. The van der Waals surface area contributed by atoms with Crippen molar-refractivity contribution in [2.75, 3.05) is 6.54 Å². The number of benzene rings is 2. The van der Waals surface area contributed by atoms with E-state index in [1.807, 2.05) is 6.92 Å². The lowest BCUT2D eigenvalue weighted by molar-refractivity contribution is -0.122. The number of para-hydroxylation sites is 1. The molecule has 0 aromatic heterocycles. The average molecular weight is 368 g/mol. The van der Waals surface area contributed by atoms with Gasteiger partial charge in [-0.3, -0.25) is 9.69 Å². The van der Waals surface area contributed by atoms with Gasteiger partial charge in [-0.2, -0.15) is 0 Å². The third-order valence-electron chi connectivity index (χ3n) is 3.72. The zero-order valence-electron chi connectivity index (χ0n) is 13.9. The number of phenolic OH excluding ortho intramolecular Hbond substituents is 1. The van der Waals surface area contributed by atoms with Crippen molar-refractivity contribution >= 4 is 40.6 Å². The molecule has 132 valence electrons. The van der Waals surface area contributed by atoms with Gasteiger partial charge in [0.05, 0.1) is 16.2 Å². The molecule has 0 radical (unpaired) electrons. The van der Waals surface area contributed by atoms with Gasteiger partial charge in [-0.1, -0.05) is 24.3 Å². The van der Waals surface area contributed by atoms with Crippen molar-refractivity contribution < 1.29 is 19.8 Å². The molecule has 1 fully saturated rings. The molecule has 2 aromatic carbocycles. The summed E-state index contributed by atoms with van der Waals surface area (Å²) in [7, 11) is 0. The summed E-state index contributed by atoms with van der Waals surface area (Å²) in [6.07, 6.45) is 1.68. The molecule has 2 N–H and O–H groups in total. The van der Waals surface area contributed by atoms with E-state index in [1.165, 1.54) is 22.7 Å². The fourth-order valence-electron chi connectivity index (χ4n) is 2.49. The number of carbonyl (C=O) groups is 2. The first kappa shape index (κ1) is 17.8. The smallest absolute Gasteiger partial charge is 0.337 e. The van der Waals surface area contributed by atoms with Gasteiger partial charge in [0.25, 0.3) is 5.91 Å². The van der Waals surface area contributed by atoms with Gasteiger partial charge >= 0.3 is 5.97 Å². The Balaban J connectivity index is 1.99. The average Bonchev–Trinajstić information content (AvgIpc) is 2.90. The number of phenols is 1. The summed E-state index contributed by atoms with van der Waals surface area (Å²) in [6, 6.07) is 13.0. The second-order valence-electron chi connectivity index (χ2n) is 5.47. The Bertz CT molecular complexity index is 937. The van der Waals surface area contributed by atoms with Gasteiger partial charge in [0, 0.05) is 6.54 Å². The predicted molar refractivity (Wildman–Crippen MR) is 102 cm³/mol. The second-order valence-corrected chi connectivity index (χ2v) is 6.48. The number of aromatic hydroxyl groups is 1. The van der Waals surface area contributed by atoms with E-state index in [2.05, 4.69) is 4.99 Å². The molecule has 3 rings (SSSR count). The summed E-state index contributed by atoms with van der Waals surface area (Å²) in [6.45, 7) is 2.24. The number of likely N-dealkylation sites (N-methyl/N-ethyl adjacent to an activating group) is 1. The highest BCUT2D eigenvalue weighted by atomic mass is 32.2. The van der Waals surface area contributed by atoms with Gasteiger partial charge in [0.2, 0.25) is 0 Å².